The number of sulfonamides is 1. The lowest BCUT2D eigenvalue weighted by Crippen LogP contribution is -2.20. The maximum atomic E-state index is 11.8. The first-order valence-corrected chi connectivity index (χ1v) is 7.42. The van der Waals surface area contributed by atoms with Crippen molar-refractivity contribution in [1.82, 2.24) is 4.72 Å². The van der Waals surface area contributed by atoms with Crippen LogP contribution in [0, 0.1) is 0 Å². The van der Waals surface area contributed by atoms with Gasteiger partial charge in [-0.15, -0.1) is 0 Å². The first-order valence-electron chi connectivity index (χ1n) is 5.94. The molecule has 19 heavy (non-hydrogen) atoms. The van der Waals surface area contributed by atoms with E-state index in [1.54, 1.807) is 6.07 Å². The van der Waals surface area contributed by atoms with Crippen LogP contribution >= 0.6 is 0 Å². The maximum absolute atomic E-state index is 11.8. The summed E-state index contributed by atoms with van der Waals surface area (Å²) in [5.41, 5.74) is 5.96. The SMILES string of the molecule is CNS(=O)(=O)c1cc(N)ccc1OCCOC(C)C. The molecule has 7 heteroatoms. The molecule has 0 aliphatic carbocycles. The average Bonchev–Trinajstić information content (AvgIpc) is 2.35. The van der Waals surface area contributed by atoms with Gasteiger partial charge in [0.1, 0.15) is 17.3 Å². The molecule has 0 unspecified atom stereocenters. The molecule has 0 aliphatic heterocycles. The zero-order chi connectivity index (χ0) is 14.5. The van der Waals surface area contributed by atoms with Gasteiger partial charge in [-0.1, -0.05) is 0 Å². The Morgan fingerprint density at radius 1 is 1.32 bits per heavy atom. The molecule has 0 bridgehead atoms. The van der Waals surface area contributed by atoms with Crippen LogP contribution in [0.15, 0.2) is 23.1 Å². The molecule has 0 spiro atoms. The summed E-state index contributed by atoms with van der Waals surface area (Å²) in [4.78, 5) is 0.0274. The van der Waals surface area contributed by atoms with Crippen LogP contribution in [0.4, 0.5) is 5.69 Å². The van der Waals surface area contributed by atoms with Gasteiger partial charge in [0.15, 0.2) is 0 Å². The van der Waals surface area contributed by atoms with Gasteiger partial charge in [0.05, 0.1) is 12.7 Å². The molecule has 0 saturated carbocycles. The van der Waals surface area contributed by atoms with E-state index < -0.39 is 10.0 Å². The van der Waals surface area contributed by atoms with Crippen LogP contribution in [0.2, 0.25) is 0 Å². The molecule has 1 aromatic rings. The molecule has 1 aromatic carbocycles. The molecule has 0 heterocycles. The lowest BCUT2D eigenvalue weighted by atomic mass is 10.3. The minimum atomic E-state index is -3.60. The minimum absolute atomic E-state index is 0.0274. The van der Waals surface area contributed by atoms with Crippen LogP contribution in [-0.4, -0.2) is 34.8 Å². The lowest BCUT2D eigenvalue weighted by molar-refractivity contribution is 0.0546. The van der Waals surface area contributed by atoms with Crippen LogP contribution in [0.5, 0.6) is 5.75 Å². The number of hydrogen-bond acceptors (Lipinski definition) is 5. The van der Waals surface area contributed by atoms with Gasteiger partial charge >= 0.3 is 0 Å². The van der Waals surface area contributed by atoms with Crippen molar-refractivity contribution < 1.29 is 17.9 Å². The van der Waals surface area contributed by atoms with E-state index in [0.29, 0.717) is 12.3 Å². The van der Waals surface area contributed by atoms with Crippen molar-refractivity contribution in [2.45, 2.75) is 24.8 Å². The van der Waals surface area contributed by atoms with E-state index in [4.69, 9.17) is 15.2 Å². The average molecular weight is 288 g/mol. The van der Waals surface area contributed by atoms with Crippen LogP contribution < -0.4 is 15.2 Å². The van der Waals surface area contributed by atoms with E-state index in [-0.39, 0.29) is 23.4 Å². The Morgan fingerprint density at radius 2 is 2.00 bits per heavy atom. The summed E-state index contributed by atoms with van der Waals surface area (Å²) < 4.78 is 36.7. The van der Waals surface area contributed by atoms with Gasteiger partial charge in [-0.2, -0.15) is 0 Å². The number of hydrogen-bond donors (Lipinski definition) is 2. The van der Waals surface area contributed by atoms with Crippen LogP contribution in [0.3, 0.4) is 0 Å². The summed E-state index contributed by atoms with van der Waals surface area (Å²) >= 11 is 0. The smallest absolute Gasteiger partial charge is 0.244 e. The van der Waals surface area contributed by atoms with E-state index in [1.807, 2.05) is 13.8 Å². The summed E-state index contributed by atoms with van der Waals surface area (Å²) in [6.07, 6.45) is 0.107. The normalized spacial score (nSPS) is 11.8. The van der Waals surface area contributed by atoms with Crippen LogP contribution in [0.25, 0.3) is 0 Å². The summed E-state index contributed by atoms with van der Waals surface area (Å²) in [6, 6.07) is 4.49. The first kappa shape index (κ1) is 15.7. The topological polar surface area (TPSA) is 90.7 Å². The molecule has 0 aliphatic rings. The Hall–Kier alpha value is -1.31. The van der Waals surface area contributed by atoms with Crippen molar-refractivity contribution >= 4 is 15.7 Å². The van der Waals surface area contributed by atoms with Gasteiger partial charge in [-0.3, -0.25) is 0 Å². The second kappa shape index (κ2) is 6.74. The Kier molecular flexibility index (Phi) is 5.59. The largest absolute Gasteiger partial charge is 0.490 e. The van der Waals surface area contributed by atoms with Crippen molar-refractivity contribution in [2.24, 2.45) is 0 Å². The van der Waals surface area contributed by atoms with Gasteiger partial charge < -0.3 is 15.2 Å². The quantitative estimate of drug-likeness (QED) is 0.576. The summed E-state index contributed by atoms with van der Waals surface area (Å²) in [6.45, 7) is 4.50. The highest BCUT2D eigenvalue weighted by Gasteiger charge is 2.18. The summed E-state index contributed by atoms with van der Waals surface area (Å²) in [5.74, 6) is 0.260. The highest BCUT2D eigenvalue weighted by atomic mass is 32.2. The lowest BCUT2D eigenvalue weighted by Gasteiger charge is -2.13. The van der Waals surface area contributed by atoms with E-state index in [2.05, 4.69) is 4.72 Å². The molecule has 6 nitrogen and oxygen atoms in total. The third-order valence-corrected chi connectivity index (χ3v) is 3.75. The van der Waals surface area contributed by atoms with Gasteiger partial charge in [0.2, 0.25) is 10.0 Å². The molecule has 0 atom stereocenters. The molecule has 3 N–H and O–H groups in total. The van der Waals surface area contributed by atoms with E-state index in [1.165, 1.54) is 19.2 Å². The molecule has 108 valence electrons. The van der Waals surface area contributed by atoms with Gasteiger partial charge in [-0.25, -0.2) is 13.1 Å². The van der Waals surface area contributed by atoms with Gasteiger partial charge in [-0.05, 0) is 39.1 Å². The third-order valence-electron chi connectivity index (χ3n) is 2.32. The second-order valence-corrected chi connectivity index (χ2v) is 6.04. The van der Waals surface area contributed by atoms with Gasteiger partial charge in [0, 0.05) is 5.69 Å². The molecule has 0 amide bonds. The molecule has 0 saturated heterocycles. The Morgan fingerprint density at radius 3 is 2.58 bits per heavy atom. The Balaban J connectivity index is 2.83. The molecule has 0 radical (unpaired) electrons. The fourth-order valence-electron chi connectivity index (χ4n) is 1.40. The van der Waals surface area contributed by atoms with E-state index in [0.717, 1.165) is 0 Å². The summed E-state index contributed by atoms with van der Waals surface area (Å²) in [7, 11) is -2.26. The maximum Gasteiger partial charge on any atom is 0.244 e. The molecule has 0 fully saturated rings. The standard InChI is InChI=1S/C12H20N2O4S/c1-9(2)17-6-7-18-11-5-4-10(13)8-12(11)19(15,16)14-3/h4-5,8-9,14H,6-7,13H2,1-3H3. The first-order chi connectivity index (χ1) is 8.86. The highest BCUT2D eigenvalue weighted by Crippen LogP contribution is 2.25. The number of nitrogen functional groups attached to an aromatic ring is 1. The van der Waals surface area contributed by atoms with Crippen LogP contribution in [0.1, 0.15) is 13.8 Å². The number of nitrogens with two attached hydrogens (primary N) is 1. The van der Waals surface area contributed by atoms with Crippen molar-refractivity contribution in [3.8, 4) is 5.75 Å². The second-order valence-electron chi connectivity index (χ2n) is 4.18. The van der Waals surface area contributed by atoms with Crippen molar-refractivity contribution in [2.75, 3.05) is 26.0 Å². The molecule has 1 rings (SSSR count). The number of anilines is 1. The van der Waals surface area contributed by atoms with Gasteiger partial charge in [0.25, 0.3) is 0 Å². The zero-order valence-corrected chi connectivity index (χ0v) is 12.2. The number of rotatable bonds is 7. The van der Waals surface area contributed by atoms with E-state index in [9.17, 15) is 8.42 Å². The summed E-state index contributed by atoms with van der Waals surface area (Å²) in [5, 5.41) is 0. The number of benzene rings is 1. The third kappa shape index (κ3) is 4.70. The minimum Gasteiger partial charge on any atom is -0.490 e. The monoisotopic (exact) mass is 288 g/mol. The zero-order valence-electron chi connectivity index (χ0n) is 11.3. The molecular formula is C12H20N2O4S. The van der Waals surface area contributed by atoms with Crippen LogP contribution in [-0.2, 0) is 14.8 Å². The Labute approximate surface area is 113 Å². The molecule has 0 aromatic heterocycles. The van der Waals surface area contributed by atoms with Crippen molar-refractivity contribution in [3.63, 3.8) is 0 Å². The molecular weight excluding hydrogens is 268 g/mol. The van der Waals surface area contributed by atoms with Crippen molar-refractivity contribution in [3.05, 3.63) is 18.2 Å². The number of ether oxygens (including phenoxy) is 2. The Bertz CT molecular complexity index is 514. The van der Waals surface area contributed by atoms with E-state index >= 15 is 0 Å². The van der Waals surface area contributed by atoms with Crippen molar-refractivity contribution in [1.29, 1.82) is 0 Å². The predicted octanol–water partition coefficient (Wildman–Crippen LogP) is 0.981. The highest BCUT2D eigenvalue weighted by molar-refractivity contribution is 7.89. The fraction of sp³-hybridized carbons (Fsp3) is 0.500. The fourth-order valence-corrected chi connectivity index (χ4v) is 2.30. The number of nitrogens with one attached hydrogen (secondary N) is 1. The predicted molar refractivity (Wildman–Crippen MR) is 73.7 cm³/mol.